The Kier molecular flexibility index (Phi) is 4.78. The van der Waals surface area contributed by atoms with Crippen LogP contribution in [0.1, 0.15) is 0 Å². The summed E-state index contributed by atoms with van der Waals surface area (Å²) in [5.74, 6) is -1.16. The summed E-state index contributed by atoms with van der Waals surface area (Å²) in [5.41, 5.74) is 1.39. The van der Waals surface area contributed by atoms with Gasteiger partial charge in [-0.3, -0.25) is 9.59 Å². The van der Waals surface area contributed by atoms with Gasteiger partial charge in [-0.25, -0.2) is 4.68 Å². The minimum absolute atomic E-state index is 0.0891. The molecule has 0 aliphatic rings. The molecule has 104 valence electrons. The molecule has 1 aromatic heterocycles. The highest BCUT2D eigenvalue weighted by Crippen LogP contribution is 2.19. The number of hydrogen-bond acceptors (Lipinski definition) is 4. The van der Waals surface area contributed by atoms with Crippen molar-refractivity contribution >= 4 is 29.3 Å². The third kappa shape index (κ3) is 3.86. The van der Waals surface area contributed by atoms with Gasteiger partial charge in [0.05, 0.1) is 22.9 Å². The zero-order valence-corrected chi connectivity index (χ0v) is 11.3. The lowest BCUT2D eigenvalue weighted by molar-refractivity contribution is -0.133. The lowest BCUT2D eigenvalue weighted by Gasteiger charge is -2.10. The van der Waals surface area contributed by atoms with Crippen LogP contribution in [0.2, 0.25) is 0 Å². The number of para-hydroxylation sites is 2. The Morgan fingerprint density at radius 3 is 2.75 bits per heavy atom. The molecule has 0 atom stereocenters. The first-order chi connectivity index (χ1) is 9.66. The van der Waals surface area contributed by atoms with Crippen molar-refractivity contribution < 1.29 is 14.7 Å². The molecule has 2 aromatic rings. The molecular weight excluding hydrogens is 278 g/mol. The van der Waals surface area contributed by atoms with E-state index in [4.69, 9.17) is 5.11 Å². The number of carbonyl (C=O) groups excluding carboxylic acids is 1. The summed E-state index contributed by atoms with van der Waals surface area (Å²) in [7, 11) is 0. The van der Waals surface area contributed by atoms with Crippen LogP contribution in [0.25, 0.3) is 5.69 Å². The quantitative estimate of drug-likeness (QED) is 0.845. The third-order valence-electron chi connectivity index (χ3n) is 2.39. The molecule has 0 unspecified atom stereocenters. The zero-order chi connectivity index (χ0) is 14.4. The molecule has 6 nitrogen and oxygen atoms in total. The van der Waals surface area contributed by atoms with Crippen molar-refractivity contribution in [2.24, 2.45) is 0 Å². The first-order valence-electron chi connectivity index (χ1n) is 5.85. The Morgan fingerprint density at radius 2 is 2.05 bits per heavy atom. The Morgan fingerprint density at radius 1 is 1.25 bits per heavy atom. The summed E-state index contributed by atoms with van der Waals surface area (Å²) < 4.78 is 1.65. The van der Waals surface area contributed by atoms with E-state index in [9.17, 15) is 9.59 Å². The van der Waals surface area contributed by atoms with Crippen molar-refractivity contribution in [2.75, 3.05) is 16.8 Å². The molecule has 0 saturated carbocycles. The number of thioether (sulfide) groups is 1. The molecule has 0 saturated heterocycles. The molecule has 2 rings (SSSR count). The lowest BCUT2D eigenvalue weighted by atomic mass is 10.2. The van der Waals surface area contributed by atoms with E-state index in [-0.39, 0.29) is 17.4 Å². The number of aliphatic carboxylic acids is 1. The molecule has 7 heteroatoms. The Balaban J connectivity index is 2.03. The van der Waals surface area contributed by atoms with E-state index in [1.54, 1.807) is 29.2 Å². The minimum Gasteiger partial charge on any atom is -0.481 e. The predicted octanol–water partition coefficient (Wildman–Crippen LogP) is 1.63. The van der Waals surface area contributed by atoms with Gasteiger partial charge in [0.15, 0.2) is 0 Å². The fourth-order valence-corrected chi connectivity index (χ4v) is 2.14. The van der Waals surface area contributed by atoms with E-state index >= 15 is 0 Å². The summed E-state index contributed by atoms with van der Waals surface area (Å²) >= 11 is 1.06. The topological polar surface area (TPSA) is 84.2 Å². The number of nitrogens with one attached hydrogen (secondary N) is 1. The molecule has 0 aliphatic carbocycles. The molecule has 0 radical (unpaired) electrons. The number of carboxylic acid groups (broad SMARTS) is 1. The first kappa shape index (κ1) is 14.1. The SMILES string of the molecule is O=C(O)CSCC(=O)Nc1ccccc1-n1cccn1. The van der Waals surface area contributed by atoms with E-state index in [0.29, 0.717) is 5.69 Å². The van der Waals surface area contributed by atoms with Crippen LogP contribution in [0.5, 0.6) is 0 Å². The van der Waals surface area contributed by atoms with Gasteiger partial charge in [0.25, 0.3) is 0 Å². The van der Waals surface area contributed by atoms with Gasteiger partial charge in [0, 0.05) is 12.4 Å². The molecule has 2 N–H and O–H groups in total. The maximum Gasteiger partial charge on any atom is 0.313 e. The van der Waals surface area contributed by atoms with Gasteiger partial charge in [0.2, 0.25) is 5.91 Å². The maximum atomic E-state index is 11.8. The summed E-state index contributed by atoms with van der Waals surface area (Å²) in [6, 6.07) is 9.07. The molecule has 0 fully saturated rings. The number of rotatable bonds is 6. The van der Waals surface area contributed by atoms with Crippen molar-refractivity contribution in [3.8, 4) is 5.69 Å². The van der Waals surface area contributed by atoms with Crippen molar-refractivity contribution in [2.45, 2.75) is 0 Å². The summed E-state index contributed by atoms with van der Waals surface area (Å²) in [6.45, 7) is 0. The largest absolute Gasteiger partial charge is 0.481 e. The summed E-state index contributed by atoms with van der Waals surface area (Å²) in [5, 5.41) is 15.4. The van der Waals surface area contributed by atoms with Crippen LogP contribution in [0.3, 0.4) is 0 Å². The van der Waals surface area contributed by atoms with E-state index in [0.717, 1.165) is 17.4 Å². The molecule has 0 bridgehead atoms. The fraction of sp³-hybridized carbons (Fsp3) is 0.154. The Hall–Kier alpha value is -2.28. The second-order valence-corrected chi connectivity index (χ2v) is 4.89. The van der Waals surface area contributed by atoms with E-state index < -0.39 is 5.97 Å². The van der Waals surface area contributed by atoms with Crippen molar-refractivity contribution in [1.82, 2.24) is 9.78 Å². The molecule has 1 amide bonds. The van der Waals surface area contributed by atoms with Crippen molar-refractivity contribution in [3.05, 3.63) is 42.7 Å². The van der Waals surface area contributed by atoms with Gasteiger partial charge >= 0.3 is 5.97 Å². The van der Waals surface area contributed by atoms with Gasteiger partial charge in [-0.2, -0.15) is 5.10 Å². The monoisotopic (exact) mass is 291 g/mol. The van der Waals surface area contributed by atoms with E-state index in [1.807, 2.05) is 18.2 Å². The standard InChI is InChI=1S/C13H13N3O3S/c17-12(8-20-9-13(18)19)15-10-4-1-2-5-11(10)16-7-3-6-14-16/h1-7H,8-9H2,(H,15,17)(H,18,19). The molecule has 0 spiro atoms. The smallest absolute Gasteiger partial charge is 0.313 e. The molecule has 1 heterocycles. The number of nitrogens with zero attached hydrogens (tertiary/aromatic N) is 2. The highest BCUT2D eigenvalue weighted by atomic mass is 32.2. The normalized spacial score (nSPS) is 10.2. The molecule has 1 aromatic carbocycles. The van der Waals surface area contributed by atoms with Gasteiger partial charge in [-0.15, -0.1) is 11.8 Å². The van der Waals surface area contributed by atoms with Crippen molar-refractivity contribution in [1.29, 1.82) is 0 Å². The molecule has 0 aliphatic heterocycles. The fourth-order valence-electron chi connectivity index (χ4n) is 1.61. The predicted molar refractivity (Wildman–Crippen MR) is 77.2 cm³/mol. The van der Waals surface area contributed by atoms with Gasteiger partial charge in [-0.05, 0) is 18.2 Å². The average Bonchev–Trinajstić information content (AvgIpc) is 2.92. The zero-order valence-electron chi connectivity index (χ0n) is 10.5. The second kappa shape index (κ2) is 6.76. The van der Waals surface area contributed by atoms with Crippen LogP contribution in [-0.2, 0) is 9.59 Å². The number of amides is 1. The number of carbonyl (C=O) groups is 2. The molecular formula is C13H13N3O3S. The number of carboxylic acids is 1. The first-order valence-corrected chi connectivity index (χ1v) is 7.01. The minimum atomic E-state index is -0.931. The van der Waals surface area contributed by atoms with Crippen LogP contribution >= 0.6 is 11.8 Å². The number of anilines is 1. The average molecular weight is 291 g/mol. The lowest BCUT2D eigenvalue weighted by Crippen LogP contribution is -2.17. The van der Waals surface area contributed by atoms with Gasteiger partial charge in [-0.1, -0.05) is 12.1 Å². The number of hydrogen-bond donors (Lipinski definition) is 2. The summed E-state index contributed by atoms with van der Waals surface area (Å²) in [6.07, 6.45) is 3.44. The molecule has 20 heavy (non-hydrogen) atoms. The second-order valence-electron chi connectivity index (χ2n) is 3.90. The number of aromatic nitrogens is 2. The Labute approximate surface area is 119 Å². The van der Waals surface area contributed by atoms with Crippen LogP contribution < -0.4 is 5.32 Å². The van der Waals surface area contributed by atoms with E-state index in [1.165, 1.54) is 0 Å². The van der Waals surface area contributed by atoms with Gasteiger partial charge < -0.3 is 10.4 Å². The summed E-state index contributed by atoms with van der Waals surface area (Å²) in [4.78, 5) is 22.1. The van der Waals surface area contributed by atoms with Crippen molar-refractivity contribution in [3.63, 3.8) is 0 Å². The third-order valence-corrected chi connectivity index (χ3v) is 3.31. The van der Waals surface area contributed by atoms with Crippen LogP contribution in [-0.4, -0.2) is 38.3 Å². The highest BCUT2D eigenvalue weighted by Gasteiger charge is 2.09. The number of benzene rings is 1. The van der Waals surface area contributed by atoms with Crippen LogP contribution in [0, 0.1) is 0 Å². The highest BCUT2D eigenvalue weighted by molar-refractivity contribution is 8.00. The van der Waals surface area contributed by atoms with Gasteiger partial charge in [0.1, 0.15) is 0 Å². The van der Waals surface area contributed by atoms with Crippen LogP contribution in [0.4, 0.5) is 5.69 Å². The maximum absolute atomic E-state index is 11.8. The van der Waals surface area contributed by atoms with Crippen LogP contribution in [0.15, 0.2) is 42.7 Å². The Bertz CT molecular complexity index is 599. The van der Waals surface area contributed by atoms with E-state index in [2.05, 4.69) is 10.4 Å².